The third-order valence-electron chi connectivity index (χ3n) is 4.87. The number of hydrogen-bond donors (Lipinski definition) is 1. The highest BCUT2D eigenvalue weighted by atomic mass is 16.5. The van der Waals surface area contributed by atoms with Gasteiger partial charge < -0.3 is 19.7 Å². The Morgan fingerprint density at radius 3 is 2.48 bits per heavy atom. The first-order chi connectivity index (χ1) is 13.1. The predicted octanol–water partition coefficient (Wildman–Crippen LogP) is 3.46. The molecular formula is C21H27N3O3. The summed E-state index contributed by atoms with van der Waals surface area (Å²) in [5, 5.41) is 2.95. The minimum atomic E-state index is -0.0451. The van der Waals surface area contributed by atoms with E-state index in [-0.39, 0.29) is 12.1 Å². The van der Waals surface area contributed by atoms with Crippen LogP contribution in [0.1, 0.15) is 29.5 Å². The largest absolute Gasteiger partial charge is 0.490 e. The number of amides is 2. The van der Waals surface area contributed by atoms with E-state index in [2.05, 4.69) is 36.3 Å². The lowest BCUT2D eigenvalue weighted by atomic mass is 10.1. The van der Waals surface area contributed by atoms with Crippen molar-refractivity contribution in [2.24, 2.45) is 0 Å². The maximum atomic E-state index is 12.4. The van der Waals surface area contributed by atoms with Crippen LogP contribution in [0.15, 0.2) is 36.5 Å². The molecule has 27 heavy (non-hydrogen) atoms. The van der Waals surface area contributed by atoms with Gasteiger partial charge in [-0.2, -0.15) is 0 Å². The highest BCUT2D eigenvalue weighted by Gasteiger charge is 2.24. The standard InChI is InChI=1S/C21H27N3O3/c1-15-5-4-6-16(2)20(15)27-18-9-11-24(12-10-18)21(25)23-14-17-7-8-19(26-3)22-13-17/h4-8,13,18H,9-12,14H2,1-3H3,(H,23,25). The molecule has 1 saturated heterocycles. The molecule has 1 aromatic carbocycles. The van der Waals surface area contributed by atoms with Crippen molar-refractivity contribution in [2.75, 3.05) is 20.2 Å². The number of rotatable bonds is 5. The third-order valence-corrected chi connectivity index (χ3v) is 4.87. The van der Waals surface area contributed by atoms with E-state index in [1.54, 1.807) is 19.4 Å². The predicted molar refractivity (Wildman–Crippen MR) is 104 cm³/mol. The van der Waals surface area contributed by atoms with Crippen molar-refractivity contribution in [3.63, 3.8) is 0 Å². The van der Waals surface area contributed by atoms with Crippen LogP contribution in [-0.2, 0) is 6.54 Å². The number of hydrogen-bond acceptors (Lipinski definition) is 4. The van der Waals surface area contributed by atoms with E-state index in [1.807, 2.05) is 17.0 Å². The number of aromatic nitrogens is 1. The van der Waals surface area contributed by atoms with Gasteiger partial charge in [-0.1, -0.05) is 24.3 Å². The first-order valence-electron chi connectivity index (χ1n) is 9.31. The maximum Gasteiger partial charge on any atom is 0.317 e. The third kappa shape index (κ3) is 4.90. The second-order valence-corrected chi connectivity index (χ2v) is 6.89. The molecule has 144 valence electrons. The summed E-state index contributed by atoms with van der Waals surface area (Å²) >= 11 is 0. The van der Waals surface area contributed by atoms with Gasteiger partial charge in [0, 0.05) is 44.7 Å². The Bertz CT molecular complexity index is 748. The van der Waals surface area contributed by atoms with Crippen LogP contribution in [0.4, 0.5) is 4.79 Å². The number of para-hydroxylation sites is 1. The summed E-state index contributed by atoms with van der Waals surface area (Å²) in [5.74, 6) is 1.54. The van der Waals surface area contributed by atoms with Crippen LogP contribution in [0.5, 0.6) is 11.6 Å². The molecule has 0 saturated carbocycles. The second-order valence-electron chi connectivity index (χ2n) is 6.89. The van der Waals surface area contributed by atoms with Gasteiger partial charge in [-0.25, -0.2) is 9.78 Å². The van der Waals surface area contributed by atoms with Gasteiger partial charge >= 0.3 is 6.03 Å². The number of urea groups is 1. The molecule has 6 heteroatoms. The number of pyridine rings is 1. The number of carbonyl (C=O) groups is 1. The second kappa shape index (κ2) is 8.75. The SMILES string of the molecule is COc1ccc(CNC(=O)N2CCC(Oc3c(C)cccc3C)CC2)cn1. The summed E-state index contributed by atoms with van der Waals surface area (Å²) in [6, 6.07) is 9.83. The van der Waals surface area contributed by atoms with E-state index in [4.69, 9.17) is 9.47 Å². The zero-order chi connectivity index (χ0) is 19.2. The average molecular weight is 369 g/mol. The molecule has 1 fully saturated rings. The molecule has 0 radical (unpaired) electrons. The first-order valence-corrected chi connectivity index (χ1v) is 9.31. The number of likely N-dealkylation sites (tertiary alicyclic amines) is 1. The molecule has 1 aliphatic rings. The lowest BCUT2D eigenvalue weighted by Crippen LogP contribution is -2.46. The summed E-state index contributed by atoms with van der Waals surface area (Å²) in [6.07, 6.45) is 3.54. The molecule has 1 N–H and O–H groups in total. The highest BCUT2D eigenvalue weighted by Crippen LogP contribution is 2.26. The van der Waals surface area contributed by atoms with Crippen molar-refractivity contribution in [1.82, 2.24) is 15.2 Å². The van der Waals surface area contributed by atoms with Gasteiger partial charge in [0.2, 0.25) is 5.88 Å². The summed E-state index contributed by atoms with van der Waals surface area (Å²) in [5.41, 5.74) is 3.25. The fourth-order valence-corrected chi connectivity index (χ4v) is 3.25. The molecule has 2 aromatic rings. The Hall–Kier alpha value is -2.76. The number of methoxy groups -OCH3 is 1. The monoisotopic (exact) mass is 369 g/mol. The van der Waals surface area contributed by atoms with Gasteiger partial charge in [-0.3, -0.25) is 0 Å². The van der Waals surface area contributed by atoms with Gasteiger partial charge in [0.15, 0.2) is 0 Å². The van der Waals surface area contributed by atoms with E-state index in [1.165, 1.54) is 0 Å². The van der Waals surface area contributed by atoms with Gasteiger partial charge in [0.1, 0.15) is 11.9 Å². The number of ether oxygens (including phenoxy) is 2. The van der Waals surface area contributed by atoms with Crippen LogP contribution < -0.4 is 14.8 Å². The molecule has 6 nitrogen and oxygen atoms in total. The highest BCUT2D eigenvalue weighted by molar-refractivity contribution is 5.74. The van der Waals surface area contributed by atoms with Crippen molar-refractivity contribution in [3.05, 3.63) is 53.2 Å². The summed E-state index contributed by atoms with van der Waals surface area (Å²) in [7, 11) is 1.58. The molecule has 0 atom stereocenters. The molecule has 0 unspecified atom stereocenters. The number of piperidine rings is 1. The number of nitrogens with zero attached hydrogens (tertiary/aromatic N) is 2. The molecule has 0 spiro atoms. The van der Waals surface area contributed by atoms with Gasteiger partial charge in [-0.05, 0) is 30.5 Å². The van der Waals surface area contributed by atoms with E-state index >= 15 is 0 Å². The Balaban J connectivity index is 1.46. The number of nitrogens with one attached hydrogen (secondary N) is 1. The number of benzene rings is 1. The molecule has 3 rings (SSSR count). The zero-order valence-corrected chi connectivity index (χ0v) is 16.2. The van der Waals surface area contributed by atoms with Crippen LogP contribution in [-0.4, -0.2) is 42.2 Å². The van der Waals surface area contributed by atoms with Gasteiger partial charge in [-0.15, -0.1) is 0 Å². The minimum absolute atomic E-state index is 0.0451. The molecule has 2 heterocycles. The van der Waals surface area contributed by atoms with Crippen molar-refractivity contribution < 1.29 is 14.3 Å². The van der Waals surface area contributed by atoms with Crippen LogP contribution in [0.25, 0.3) is 0 Å². The minimum Gasteiger partial charge on any atom is -0.490 e. The zero-order valence-electron chi connectivity index (χ0n) is 16.2. The Morgan fingerprint density at radius 2 is 1.89 bits per heavy atom. The van der Waals surface area contributed by atoms with E-state index < -0.39 is 0 Å². The fourth-order valence-electron chi connectivity index (χ4n) is 3.25. The first kappa shape index (κ1) is 19.0. The molecular weight excluding hydrogens is 342 g/mol. The van der Waals surface area contributed by atoms with Crippen LogP contribution >= 0.6 is 0 Å². The van der Waals surface area contributed by atoms with E-state index in [0.717, 1.165) is 35.3 Å². The number of aryl methyl sites for hydroxylation is 2. The van der Waals surface area contributed by atoms with Crippen LogP contribution in [0.2, 0.25) is 0 Å². The molecule has 1 aromatic heterocycles. The lowest BCUT2D eigenvalue weighted by molar-refractivity contribution is 0.110. The Kier molecular flexibility index (Phi) is 6.16. The molecule has 0 bridgehead atoms. The van der Waals surface area contributed by atoms with Crippen LogP contribution in [0.3, 0.4) is 0 Å². The van der Waals surface area contributed by atoms with Gasteiger partial charge in [0.25, 0.3) is 0 Å². The average Bonchev–Trinajstić information content (AvgIpc) is 2.70. The van der Waals surface area contributed by atoms with Gasteiger partial charge in [0.05, 0.1) is 7.11 Å². The Labute approximate surface area is 160 Å². The molecule has 2 amide bonds. The lowest BCUT2D eigenvalue weighted by Gasteiger charge is -2.32. The van der Waals surface area contributed by atoms with Crippen molar-refractivity contribution in [3.8, 4) is 11.6 Å². The summed E-state index contributed by atoms with van der Waals surface area (Å²) in [4.78, 5) is 18.4. The summed E-state index contributed by atoms with van der Waals surface area (Å²) in [6.45, 7) is 5.98. The smallest absolute Gasteiger partial charge is 0.317 e. The molecule has 0 aliphatic carbocycles. The maximum absolute atomic E-state index is 12.4. The van der Waals surface area contributed by atoms with Crippen molar-refractivity contribution in [1.29, 1.82) is 0 Å². The normalized spacial score (nSPS) is 14.7. The fraction of sp³-hybridized carbons (Fsp3) is 0.429. The van der Waals surface area contributed by atoms with Crippen molar-refractivity contribution in [2.45, 2.75) is 39.3 Å². The van der Waals surface area contributed by atoms with E-state index in [0.29, 0.717) is 25.5 Å². The summed E-state index contributed by atoms with van der Waals surface area (Å²) < 4.78 is 11.3. The topological polar surface area (TPSA) is 63.7 Å². The Morgan fingerprint density at radius 1 is 1.19 bits per heavy atom. The van der Waals surface area contributed by atoms with Crippen LogP contribution in [0, 0.1) is 13.8 Å². The quantitative estimate of drug-likeness (QED) is 0.877. The molecule has 1 aliphatic heterocycles. The van der Waals surface area contributed by atoms with E-state index in [9.17, 15) is 4.79 Å². The number of carbonyl (C=O) groups excluding carboxylic acids is 1. The van der Waals surface area contributed by atoms with Crippen molar-refractivity contribution >= 4 is 6.03 Å².